The van der Waals surface area contributed by atoms with Gasteiger partial charge >= 0.3 is 12.1 Å². The Morgan fingerprint density at radius 1 is 1.16 bits per heavy atom. The minimum Gasteiger partial charge on any atom is -0.480 e. The molecule has 2 aromatic rings. The summed E-state index contributed by atoms with van der Waals surface area (Å²) in [5, 5.41) is 12.4. The second-order valence-corrected chi connectivity index (χ2v) is 8.71. The molecule has 196 valence electrons. The molecule has 9 nitrogen and oxygen atoms in total. The number of benzene rings is 1. The molecule has 0 spiro atoms. The van der Waals surface area contributed by atoms with Crippen molar-refractivity contribution in [2.45, 2.75) is 30.8 Å². The van der Waals surface area contributed by atoms with Gasteiger partial charge in [-0.1, -0.05) is 12.1 Å². The number of pyridine rings is 1. The number of aromatic nitrogens is 1. The fourth-order valence-corrected chi connectivity index (χ4v) is 4.30. The SMILES string of the molecule is COC(=O)OC1=C(CN2CC(F)(F)CC2C(=O)O)NC(c2ccc(F)cn2)=NC1(C)c1ccc(F)cc1. The highest BCUT2D eigenvalue weighted by Gasteiger charge is 2.49. The molecule has 2 atom stereocenters. The summed E-state index contributed by atoms with van der Waals surface area (Å²) in [6, 6.07) is 6.03. The van der Waals surface area contributed by atoms with Crippen molar-refractivity contribution in [2.24, 2.45) is 4.99 Å². The lowest BCUT2D eigenvalue weighted by Gasteiger charge is -2.36. The van der Waals surface area contributed by atoms with Crippen LogP contribution < -0.4 is 5.32 Å². The van der Waals surface area contributed by atoms with Crippen LogP contribution in [0.1, 0.15) is 24.6 Å². The number of rotatable bonds is 6. The number of aliphatic imine (C=N–C) groups is 1. The van der Waals surface area contributed by atoms with E-state index in [0.717, 1.165) is 36.4 Å². The Morgan fingerprint density at radius 3 is 2.43 bits per heavy atom. The van der Waals surface area contributed by atoms with Crippen LogP contribution >= 0.6 is 0 Å². The smallest absolute Gasteiger partial charge is 0.480 e. The first-order chi connectivity index (χ1) is 17.4. The van der Waals surface area contributed by atoms with Crippen molar-refractivity contribution in [3.63, 3.8) is 0 Å². The number of carbonyl (C=O) groups is 2. The molecule has 1 aromatic heterocycles. The summed E-state index contributed by atoms with van der Waals surface area (Å²) in [5.74, 6) is -6.01. The van der Waals surface area contributed by atoms with Crippen molar-refractivity contribution >= 4 is 18.0 Å². The number of methoxy groups -OCH3 is 1. The van der Waals surface area contributed by atoms with Gasteiger partial charge in [0, 0.05) is 13.0 Å². The Kier molecular flexibility index (Phi) is 6.91. The molecule has 0 saturated carbocycles. The summed E-state index contributed by atoms with van der Waals surface area (Å²) in [7, 11) is 1.06. The molecule has 13 heteroatoms. The first-order valence-corrected chi connectivity index (χ1v) is 11.0. The number of halogens is 4. The number of carboxylic acid groups (broad SMARTS) is 1. The first-order valence-electron chi connectivity index (χ1n) is 11.0. The minimum absolute atomic E-state index is 0.0114. The Morgan fingerprint density at radius 2 is 1.84 bits per heavy atom. The molecule has 37 heavy (non-hydrogen) atoms. The molecule has 4 rings (SSSR count). The fraction of sp³-hybridized carbons (Fsp3) is 0.333. The van der Waals surface area contributed by atoms with Gasteiger partial charge in [-0.2, -0.15) is 0 Å². The number of aliphatic carboxylic acids is 1. The van der Waals surface area contributed by atoms with Crippen LogP contribution in [0.5, 0.6) is 0 Å². The standard InChI is InChI=1S/C24H22F4N4O5/c1-23(13-3-5-14(25)6-4-13)19(37-22(35)36-2)17(11-32-12-24(27,28)9-18(32)21(33)34)30-20(31-23)16-8-7-15(26)10-29-16/h3-8,10,18H,9,11-12H2,1-2H3,(H,30,31)(H,33,34). The highest BCUT2D eigenvalue weighted by Crippen LogP contribution is 2.40. The molecule has 0 bridgehead atoms. The van der Waals surface area contributed by atoms with Crippen molar-refractivity contribution in [2.75, 3.05) is 20.2 Å². The Bertz CT molecular complexity index is 1270. The van der Waals surface area contributed by atoms with Crippen LogP contribution in [0.2, 0.25) is 0 Å². The van der Waals surface area contributed by atoms with Crippen molar-refractivity contribution in [1.29, 1.82) is 0 Å². The summed E-state index contributed by atoms with van der Waals surface area (Å²) in [5.41, 5.74) is -1.05. The third-order valence-electron chi connectivity index (χ3n) is 6.06. The van der Waals surface area contributed by atoms with Crippen molar-refractivity contribution < 1.29 is 41.7 Å². The summed E-state index contributed by atoms with van der Waals surface area (Å²) >= 11 is 0. The third-order valence-corrected chi connectivity index (χ3v) is 6.06. The molecule has 0 radical (unpaired) electrons. The normalized spacial score (nSPS) is 23.3. The summed E-state index contributed by atoms with van der Waals surface area (Å²) in [4.78, 5) is 33.6. The molecule has 0 amide bonds. The number of hydrogen-bond acceptors (Lipinski definition) is 8. The van der Waals surface area contributed by atoms with Gasteiger partial charge in [0.1, 0.15) is 28.9 Å². The first kappa shape index (κ1) is 26.1. The summed E-state index contributed by atoms with van der Waals surface area (Å²) in [6.07, 6.45) is -1.11. The fourth-order valence-electron chi connectivity index (χ4n) is 4.30. The Hall–Kier alpha value is -4.00. The number of carbonyl (C=O) groups excluding carboxylic acids is 1. The van der Waals surface area contributed by atoms with E-state index >= 15 is 0 Å². The lowest BCUT2D eigenvalue weighted by atomic mass is 9.87. The quantitative estimate of drug-likeness (QED) is 0.439. The predicted octanol–water partition coefficient (Wildman–Crippen LogP) is 3.41. The molecule has 2 unspecified atom stereocenters. The maximum atomic E-state index is 14.2. The van der Waals surface area contributed by atoms with Crippen molar-refractivity contribution in [3.05, 3.63) is 76.9 Å². The van der Waals surface area contributed by atoms with E-state index in [4.69, 9.17) is 4.74 Å². The number of ether oxygens (including phenoxy) is 2. The molecule has 1 fully saturated rings. The van der Waals surface area contributed by atoms with E-state index in [1.165, 1.54) is 25.1 Å². The van der Waals surface area contributed by atoms with Gasteiger partial charge in [-0.3, -0.25) is 9.69 Å². The molecule has 2 N–H and O–H groups in total. The predicted molar refractivity (Wildman–Crippen MR) is 121 cm³/mol. The summed E-state index contributed by atoms with van der Waals surface area (Å²) in [6.45, 7) is 0.237. The minimum atomic E-state index is -3.27. The van der Waals surface area contributed by atoms with Gasteiger partial charge in [-0.15, -0.1) is 0 Å². The summed E-state index contributed by atoms with van der Waals surface area (Å²) < 4.78 is 65.7. The maximum absolute atomic E-state index is 14.2. The van der Waals surface area contributed by atoms with Crippen LogP contribution in [-0.2, 0) is 19.8 Å². The maximum Gasteiger partial charge on any atom is 0.513 e. The van der Waals surface area contributed by atoms with Gasteiger partial charge < -0.3 is 19.9 Å². The molecule has 1 saturated heterocycles. The van der Waals surface area contributed by atoms with Crippen LogP contribution in [-0.4, -0.2) is 65.1 Å². The zero-order chi connectivity index (χ0) is 27.0. The molecule has 3 heterocycles. The zero-order valence-corrected chi connectivity index (χ0v) is 19.7. The Balaban J connectivity index is 1.87. The molecular formula is C24H22F4N4O5. The van der Waals surface area contributed by atoms with E-state index in [-0.39, 0.29) is 23.0 Å². The molecule has 1 aromatic carbocycles. The average Bonchev–Trinajstić information content (AvgIpc) is 3.16. The van der Waals surface area contributed by atoms with Gasteiger partial charge in [0.25, 0.3) is 5.92 Å². The van der Waals surface area contributed by atoms with Crippen molar-refractivity contribution in [1.82, 2.24) is 15.2 Å². The van der Waals surface area contributed by atoms with Crippen molar-refractivity contribution in [3.8, 4) is 0 Å². The highest BCUT2D eigenvalue weighted by molar-refractivity contribution is 5.99. The zero-order valence-electron chi connectivity index (χ0n) is 19.7. The van der Waals surface area contributed by atoms with Crippen LogP contribution in [0.4, 0.5) is 22.4 Å². The van der Waals surface area contributed by atoms with Gasteiger partial charge in [-0.25, -0.2) is 32.3 Å². The van der Waals surface area contributed by atoms with E-state index in [0.29, 0.717) is 5.56 Å². The number of alkyl halides is 2. The number of hydrogen-bond donors (Lipinski definition) is 2. The van der Waals surface area contributed by atoms with Gasteiger partial charge in [-0.05, 0) is 36.8 Å². The lowest BCUT2D eigenvalue weighted by Crippen LogP contribution is -2.46. The molecular weight excluding hydrogens is 500 g/mol. The largest absolute Gasteiger partial charge is 0.513 e. The average molecular weight is 522 g/mol. The van der Waals surface area contributed by atoms with E-state index in [9.17, 15) is 32.3 Å². The van der Waals surface area contributed by atoms with Gasteiger partial charge in [0.15, 0.2) is 11.6 Å². The highest BCUT2D eigenvalue weighted by atomic mass is 19.3. The van der Waals surface area contributed by atoms with E-state index in [1.54, 1.807) is 0 Å². The number of nitrogens with one attached hydrogen (secondary N) is 1. The number of amidine groups is 1. The van der Waals surface area contributed by atoms with Gasteiger partial charge in [0.2, 0.25) is 0 Å². The molecule has 2 aliphatic rings. The van der Waals surface area contributed by atoms with E-state index in [2.05, 4.69) is 20.0 Å². The second kappa shape index (κ2) is 9.81. The van der Waals surface area contributed by atoms with Crippen LogP contribution in [0, 0.1) is 11.6 Å². The number of carboxylic acids is 1. The monoisotopic (exact) mass is 522 g/mol. The molecule has 0 aliphatic carbocycles. The van der Waals surface area contributed by atoms with Crippen LogP contribution in [0.3, 0.4) is 0 Å². The van der Waals surface area contributed by atoms with Crippen LogP contribution in [0.15, 0.2) is 59.0 Å². The third kappa shape index (κ3) is 5.40. The van der Waals surface area contributed by atoms with Crippen LogP contribution in [0.25, 0.3) is 0 Å². The molecule has 2 aliphatic heterocycles. The Labute approximate surface area is 208 Å². The number of likely N-dealkylation sites (tertiary alicyclic amines) is 1. The van der Waals surface area contributed by atoms with Gasteiger partial charge in [0.05, 0.1) is 25.5 Å². The van der Waals surface area contributed by atoms with E-state index < -0.39 is 60.8 Å². The number of nitrogens with zero attached hydrogens (tertiary/aromatic N) is 3. The second-order valence-electron chi connectivity index (χ2n) is 8.71. The lowest BCUT2D eigenvalue weighted by molar-refractivity contribution is -0.142. The topological polar surface area (TPSA) is 113 Å². The van der Waals surface area contributed by atoms with E-state index in [1.807, 2.05) is 0 Å².